The predicted octanol–water partition coefficient (Wildman–Crippen LogP) is 3.68. The maximum absolute atomic E-state index is 12.4. The van der Waals surface area contributed by atoms with E-state index in [1.165, 1.54) is 0 Å². The summed E-state index contributed by atoms with van der Waals surface area (Å²) >= 11 is 1.65. The Kier molecular flexibility index (Phi) is 3.75. The first kappa shape index (κ1) is 13.8. The van der Waals surface area contributed by atoms with Gasteiger partial charge in [0.25, 0.3) is 5.91 Å². The summed E-state index contributed by atoms with van der Waals surface area (Å²) in [7, 11) is 0. The van der Waals surface area contributed by atoms with Crippen molar-refractivity contribution in [3.63, 3.8) is 0 Å². The first-order valence-electron chi connectivity index (χ1n) is 7.00. The van der Waals surface area contributed by atoms with Gasteiger partial charge in [-0.1, -0.05) is 13.0 Å². The molecule has 3 rings (SSSR count). The van der Waals surface area contributed by atoms with Crippen LogP contribution in [-0.4, -0.2) is 16.1 Å². The Morgan fingerprint density at radius 1 is 1.43 bits per heavy atom. The number of hydrogen-bond donors (Lipinski definition) is 2. The normalized spacial score (nSPS) is 12.5. The third-order valence-electron chi connectivity index (χ3n) is 3.57. The van der Waals surface area contributed by atoms with Crippen LogP contribution in [-0.2, 0) is 6.42 Å². The number of nitrogens with zero attached hydrogens (tertiary/aromatic N) is 1. The Labute approximate surface area is 127 Å². The standard InChI is InChI=1S/C16H17N3OS/c1-3-13-12-9-11(6-7-14(12)19-18-13)16(20)17-10(2)15-5-4-8-21-15/h4-10H,3H2,1-2H3,(H,17,20)(H,18,19)/t10-/m1/s1. The van der Waals surface area contributed by atoms with E-state index in [0.29, 0.717) is 5.56 Å². The molecule has 3 aromatic rings. The third kappa shape index (κ3) is 2.69. The number of fused-ring (bicyclic) bond motifs is 1. The molecule has 0 saturated carbocycles. The van der Waals surface area contributed by atoms with E-state index < -0.39 is 0 Å². The van der Waals surface area contributed by atoms with Gasteiger partial charge in [-0.2, -0.15) is 5.10 Å². The van der Waals surface area contributed by atoms with Gasteiger partial charge in [0.2, 0.25) is 0 Å². The number of hydrogen-bond acceptors (Lipinski definition) is 3. The van der Waals surface area contributed by atoms with E-state index in [4.69, 9.17) is 0 Å². The van der Waals surface area contributed by atoms with Crippen LogP contribution in [0, 0.1) is 0 Å². The monoisotopic (exact) mass is 299 g/mol. The van der Waals surface area contributed by atoms with Crippen molar-refractivity contribution >= 4 is 28.1 Å². The molecule has 21 heavy (non-hydrogen) atoms. The average Bonchev–Trinajstić information content (AvgIpc) is 3.15. The molecule has 0 aliphatic carbocycles. The summed E-state index contributed by atoms with van der Waals surface area (Å²) in [5, 5.41) is 13.3. The fourth-order valence-electron chi connectivity index (χ4n) is 2.36. The fraction of sp³-hybridized carbons (Fsp3) is 0.250. The molecule has 0 aliphatic heterocycles. The lowest BCUT2D eigenvalue weighted by Crippen LogP contribution is -2.26. The molecule has 1 aromatic carbocycles. The average molecular weight is 299 g/mol. The number of thiophene rings is 1. The highest BCUT2D eigenvalue weighted by Gasteiger charge is 2.13. The van der Waals surface area contributed by atoms with Gasteiger partial charge in [0.1, 0.15) is 0 Å². The second-order valence-electron chi connectivity index (χ2n) is 5.00. The third-order valence-corrected chi connectivity index (χ3v) is 4.62. The molecular formula is C16H17N3OS. The van der Waals surface area contributed by atoms with Crippen LogP contribution in [0.3, 0.4) is 0 Å². The molecule has 0 bridgehead atoms. The summed E-state index contributed by atoms with van der Waals surface area (Å²) in [5.74, 6) is -0.0546. The Bertz CT molecular complexity index is 761. The minimum Gasteiger partial charge on any atom is -0.345 e. The van der Waals surface area contributed by atoms with Crippen LogP contribution in [0.2, 0.25) is 0 Å². The molecular weight excluding hydrogens is 282 g/mol. The second kappa shape index (κ2) is 5.69. The highest BCUT2D eigenvalue weighted by molar-refractivity contribution is 7.10. The SMILES string of the molecule is CCc1[nH]nc2ccc(C(=O)N[C@H](C)c3cccs3)cc12. The van der Waals surface area contributed by atoms with Gasteiger partial charge >= 0.3 is 0 Å². The molecule has 1 atom stereocenters. The van der Waals surface area contributed by atoms with E-state index in [9.17, 15) is 4.79 Å². The summed E-state index contributed by atoms with van der Waals surface area (Å²) in [4.78, 5) is 13.5. The fourth-order valence-corrected chi connectivity index (χ4v) is 3.10. The van der Waals surface area contributed by atoms with E-state index in [-0.39, 0.29) is 11.9 Å². The molecule has 0 spiro atoms. The van der Waals surface area contributed by atoms with Gasteiger partial charge in [0, 0.05) is 21.5 Å². The summed E-state index contributed by atoms with van der Waals surface area (Å²) < 4.78 is 0. The topological polar surface area (TPSA) is 57.8 Å². The number of amides is 1. The van der Waals surface area contributed by atoms with Gasteiger partial charge < -0.3 is 5.32 Å². The van der Waals surface area contributed by atoms with E-state index in [0.717, 1.165) is 27.9 Å². The lowest BCUT2D eigenvalue weighted by molar-refractivity contribution is 0.0940. The van der Waals surface area contributed by atoms with Crippen molar-refractivity contribution < 1.29 is 4.79 Å². The van der Waals surface area contributed by atoms with E-state index in [2.05, 4.69) is 22.4 Å². The van der Waals surface area contributed by atoms with Gasteiger partial charge in [-0.3, -0.25) is 9.89 Å². The molecule has 2 N–H and O–H groups in total. The quantitative estimate of drug-likeness (QED) is 0.772. The maximum Gasteiger partial charge on any atom is 0.251 e. The van der Waals surface area contributed by atoms with Gasteiger partial charge in [0.05, 0.1) is 11.6 Å². The van der Waals surface area contributed by atoms with Crippen molar-refractivity contribution in [2.75, 3.05) is 0 Å². The van der Waals surface area contributed by atoms with Crippen LogP contribution < -0.4 is 5.32 Å². The minimum absolute atomic E-state index is 0.0168. The molecule has 4 nitrogen and oxygen atoms in total. The Morgan fingerprint density at radius 2 is 2.29 bits per heavy atom. The number of carbonyl (C=O) groups is 1. The molecule has 0 saturated heterocycles. The Balaban J connectivity index is 1.84. The number of H-pyrrole nitrogens is 1. The minimum atomic E-state index is -0.0546. The first-order chi connectivity index (χ1) is 10.2. The molecule has 0 fully saturated rings. The largest absolute Gasteiger partial charge is 0.345 e. The maximum atomic E-state index is 12.4. The molecule has 2 aromatic heterocycles. The number of carbonyl (C=O) groups excluding carboxylic acids is 1. The molecule has 1 amide bonds. The van der Waals surface area contributed by atoms with Crippen molar-refractivity contribution in [1.29, 1.82) is 0 Å². The van der Waals surface area contributed by atoms with Gasteiger partial charge in [-0.05, 0) is 43.0 Å². The highest BCUT2D eigenvalue weighted by Crippen LogP contribution is 2.21. The summed E-state index contributed by atoms with van der Waals surface area (Å²) in [6.07, 6.45) is 0.868. The van der Waals surface area contributed by atoms with Crippen molar-refractivity contribution in [3.05, 3.63) is 51.8 Å². The lowest BCUT2D eigenvalue weighted by Gasteiger charge is -2.12. The van der Waals surface area contributed by atoms with E-state index in [1.54, 1.807) is 11.3 Å². The van der Waals surface area contributed by atoms with Crippen LogP contribution >= 0.6 is 11.3 Å². The molecule has 2 heterocycles. The zero-order valence-electron chi connectivity index (χ0n) is 12.0. The van der Waals surface area contributed by atoms with E-state index in [1.807, 2.05) is 42.6 Å². The van der Waals surface area contributed by atoms with E-state index >= 15 is 0 Å². The van der Waals surface area contributed by atoms with Crippen LogP contribution in [0.4, 0.5) is 0 Å². The van der Waals surface area contributed by atoms with Crippen molar-refractivity contribution in [2.24, 2.45) is 0 Å². The summed E-state index contributed by atoms with van der Waals surface area (Å²) in [6.45, 7) is 4.07. The summed E-state index contributed by atoms with van der Waals surface area (Å²) in [5.41, 5.74) is 2.63. The number of benzene rings is 1. The smallest absolute Gasteiger partial charge is 0.251 e. The number of nitrogens with one attached hydrogen (secondary N) is 2. The summed E-state index contributed by atoms with van der Waals surface area (Å²) in [6, 6.07) is 9.66. The van der Waals surface area contributed by atoms with Crippen LogP contribution in [0.15, 0.2) is 35.7 Å². The molecule has 0 unspecified atom stereocenters. The van der Waals surface area contributed by atoms with Crippen molar-refractivity contribution in [1.82, 2.24) is 15.5 Å². The number of aromatic nitrogens is 2. The number of aryl methyl sites for hydroxylation is 1. The number of rotatable bonds is 4. The molecule has 108 valence electrons. The zero-order chi connectivity index (χ0) is 14.8. The van der Waals surface area contributed by atoms with Crippen LogP contribution in [0.1, 0.15) is 40.8 Å². The van der Waals surface area contributed by atoms with Crippen molar-refractivity contribution in [2.45, 2.75) is 26.3 Å². The van der Waals surface area contributed by atoms with Gasteiger partial charge in [-0.25, -0.2) is 0 Å². The van der Waals surface area contributed by atoms with Crippen LogP contribution in [0.5, 0.6) is 0 Å². The number of aromatic amines is 1. The van der Waals surface area contributed by atoms with Gasteiger partial charge in [0.15, 0.2) is 0 Å². The molecule has 0 radical (unpaired) electrons. The molecule has 0 aliphatic rings. The molecule has 5 heteroatoms. The Morgan fingerprint density at radius 3 is 3.00 bits per heavy atom. The highest BCUT2D eigenvalue weighted by atomic mass is 32.1. The lowest BCUT2D eigenvalue weighted by atomic mass is 10.1. The van der Waals surface area contributed by atoms with Crippen molar-refractivity contribution in [3.8, 4) is 0 Å². The van der Waals surface area contributed by atoms with Gasteiger partial charge in [-0.15, -0.1) is 11.3 Å². The first-order valence-corrected chi connectivity index (χ1v) is 7.88. The zero-order valence-corrected chi connectivity index (χ0v) is 12.8. The van der Waals surface area contributed by atoms with Crippen LogP contribution in [0.25, 0.3) is 10.9 Å². The second-order valence-corrected chi connectivity index (χ2v) is 5.98. The Hall–Kier alpha value is -2.14. The predicted molar refractivity (Wildman–Crippen MR) is 85.7 cm³/mol.